The third kappa shape index (κ3) is 2.30. The molecule has 0 spiro atoms. The standard InChI is InChI=1S/C17H16N2O/c1-19-17(20)15(12-13-8-4-2-5-9-13)16(18-19)14-10-6-3-7-11-14/h2-11,18H,12H2,1H3. The summed E-state index contributed by atoms with van der Waals surface area (Å²) in [6, 6.07) is 20.0. The van der Waals surface area contributed by atoms with E-state index in [0.717, 1.165) is 22.4 Å². The molecule has 100 valence electrons. The second kappa shape index (κ2) is 5.21. The number of aryl methyl sites for hydroxylation is 1. The minimum atomic E-state index is 0.0349. The van der Waals surface area contributed by atoms with Crippen molar-refractivity contribution in [3.05, 3.63) is 82.1 Å². The smallest absolute Gasteiger partial charge is 0.270 e. The third-order valence-electron chi connectivity index (χ3n) is 3.43. The van der Waals surface area contributed by atoms with E-state index in [2.05, 4.69) is 5.10 Å². The Morgan fingerprint density at radius 3 is 2.20 bits per heavy atom. The van der Waals surface area contributed by atoms with Crippen molar-refractivity contribution in [2.24, 2.45) is 7.05 Å². The highest BCUT2D eigenvalue weighted by molar-refractivity contribution is 5.63. The second-order valence-electron chi connectivity index (χ2n) is 4.86. The summed E-state index contributed by atoms with van der Waals surface area (Å²) >= 11 is 0. The maximum Gasteiger partial charge on any atom is 0.270 e. The van der Waals surface area contributed by atoms with Crippen LogP contribution in [0.3, 0.4) is 0 Å². The van der Waals surface area contributed by atoms with Crippen LogP contribution in [0.25, 0.3) is 11.3 Å². The molecule has 0 aliphatic rings. The van der Waals surface area contributed by atoms with E-state index in [0.29, 0.717) is 6.42 Å². The van der Waals surface area contributed by atoms with Crippen LogP contribution in [0.2, 0.25) is 0 Å². The van der Waals surface area contributed by atoms with E-state index >= 15 is 0 Å². The number of aromatic amines is 1. The van der Waals surface area contributed by atoms with Crippen LogP contribution in [0.15, 0.2) is 65.5 Å². The summed E-state index contributed by atoms with van der Waals surface area (Å²) in [5.41, 5.74) is 3.93. The van der Waals surface area contributed by atoms with Gasteiger partial charge in [0, 0.05) is 19.0 Å². The first-order valence-corrected chi connectivity index (χ1v) is 6.63. The molecule has 0 radical (unpaired) electrons. The van der Waals surface area contributed by atoms with Crippen LogP contribution in [0.4, 0.5) is 0 Å². The van der Waals surface area contributed by atoms with Crippen LogP contribution in [-0.4, -0.2) is 9.78 Å². The molecule has 3 heteroatoms. The Labute approximate surface area is 117 Å². The molecule has 0 fully saturated rings. The van der Waals surface area contributed by atoms with Crippen molar-refractivity contribution >= 4 is 0 Å². The molecular formula is C17H16N2O. The van der Waals surface area contributed by atoms with E-state index < -0.39 is 0 Å². The van der Waals surface area contributed by atoms with E-state index in [9.17, 15) is 4.79 Å². The lowest BCUT2D eigenvalue weighted by Crippen LogP contribution is -2.15. The summed E-state index contributed by atoms with van der Waals surface area (Å²) < 4.78 is 1.54. The predicted molar refractivity (Wildman–Crippen MR) is 80.7 cm³/mol. The molecule has 0 unspecified atom stereocenters. The molecule has 2 aromatic carbocycles. The number of aromatic nitrogens is 2. The van der Waals surface area contributed by atoms with Crippen molar-refractivity contribution in [2.75, 3.05) is 0 Å². The Morgan fingerprint density at radius 2 is 1.55 bits per heavy atom. The highest BCUT2D eigenvalue weighted by Crippen LogP contribution is 2.21. The largest absolute Gasteiger partial charge is 0.295 e. The monoisotopic (exact) mass is 264 g/mol. The number of nitrogens with one attached hydrogen (secondary N) is 1. The number of nitrogens with zero attached hydrogens (tertiary/aromatic N) is 1. The van der Waals surface area contributed by atoms with Crippen molar-refractivity contribution < 1.29 is 0 Å². The third-order valence-corrected chi connectivity index (χ3v) is 3.43. The Kier molecular flexibility index (Phi) is 3.25. The fourth-order valence-corrected chi connectivity index (χ4v) is 2.40. The molecule has 3 rings (SSSR count). The first-order chi connectivity index (χ1) is 9.75. The average Bonchev–Trinajstić information content (AvgIpc) is 2.78. The van der Waals surface area contributed by atoms with Gasteiger partial charge in [0.05, 0.1) is 5.69 Å². The minimum Gasteiger partial charge on any atom is -0.295 e. The van der Waals surface area contributed by atoms with Gasteiger partial charge in [-0.3, -0.25) is 14.6 Å². The molecular weight excluding hydrogens is 248 g/mol. The lowest BCUT2D eigenvalue weighted by Gasteiger charge is -2.03. The van der Waals surface area contributed by atoms with Crippen LogP contribution >= 0.6 is 0 Å². The first-order valence-electron chi connectivity index (χ1n) is 6.63. The molecule has 3 aromatic rings. The first kappa shape index (κ1) is 12.5. The van der Waals surface area contributed by atoms with E-state index in [1.165, 1.54) is 0 Å². The van der Waals surface area contributed by atoms with Crippen molar-refractivity contribution in [3.63, 3.8) is 0 Å². The number of rotatable bonds is 3. The second-order valence-corrected chi connectivity index (χ2v) is 4.86. The van der Waals surface area contributed by atoms with Gasteiger partial charge in [0.1, 0.15) is 0 Å². The quantitative estimate of drug-likeness (QED) is 0.776. The van der Waals surface area contributed by atoms with Gasteiger partial charge in [-0.25, -0.2) is 0 Å². The zero-order chi connectivity index (χ0) is 13.9. The van der Waals surface area contributed by atoms with Crippen molar-refractivity contribution in [1.82, 2.24) is 9.78 Å². The molecule has 0 saturated carbocycles. The molecule has 0 saturated heterocycles. The fourth-order valence-electron chi connectivity index (χ4n) is 2.40. The van der Waals surface area contributed by atoms with Crippen molar-refractivity contribution in [2.45, 2.75) is 6.42 Å². The normalized spacial score (nSPS) is 10.7. The van der Waals surface area contributed by atoms with Gasteiger partial charge >= 0.3 is 0 Å². The fraction of sp³-hybridized carbons (Fsp3) is 0.118. The number of hydrogen-bond acceptors (Lipinski definition) is 1. The van der Waals surface area contributed by atoms with Gasteiger partial charge in [-0.1, -0.05) is 60.7 Å². The summed E-state index contributed by atoms with van der Waals surface area (Å²) in [6.07, 6.45) is 0.640. The van der Waals surface area contributed by atoms with E-state index in [1.807, 2.05) is 60.7 Å². The molecule has 20 heavy (non-hydrogen) atoms. The molecule has 0 amide bonds. The summed E-state index contributed by atoms with van der Waals surface area (Å²) in [6.45, 7) is 0. The van der Waals surface area contributed by atoms with Crippen LogP contribution in [0, 0.1) is 0 Å². The molecule has 1 aromatic heterocycles. The zero-order valence-electron chi connectivity index (χ0n) is 11.3. The zero-order valence-corrected chi connectivity index (χ0v) is 11.3. The van der Waals surface area contributed by atoms with Gasteiger partial charge in [-0.15, -0.1) is 0 Å². The van der Waals surface area contributed by atoms with Gasteiger partial charge < -0.3 is 0 Å². The van der Waals surface area contributed by atoms with Gasteiger partial charge in [-0.05, 0) is 11.1 Å². The van der Waals surface area contributed by atoms with E-state index in [4.69, 9.17) is 0 Å². The van der Waals surface area contributed by atoms with Gasteiger partial charge in [0.2, 0.25) is 0 Å². The highest BCUT2D eigenvalue weighted by atomic mass is 16.1. The summed E-state index contributed by atoms with van der Waals surface area (Å²) in [5.74, 6) is 0. The Morgan fingerprint density at radius 1 is 0.950 bits per heavy atom. The summed E-state index contributed by atoms with van der Waals surface area (Å²) in [4.78, 5) is 12.3. The maximum atomic E-state index is 12.3. The van der Waals surface area contributed by atoms with Crippen LogP contribution in [-0.2, 0) is 13.5 Å². The van der Waals surface area contributed by atoms with Gasteiger partial charge in [0.15, 0.2) is 0 Å². The van der Waals surface area contributed by atoms with E-state index in [-0.39, 0.29) is 5.56 Å². The van der Waals surface area contributed by atoms with Crippen LogP contribution in [0.5, 0.6) is 0 Å². The SMILES string of the molecule is Cn1[nH]c(-c2ccccc2)c(Cc2ccccc2)c1=O. The maximum absolute atomic E-state index is 12.3. The van der Waals surface area contributed by atoms with Gasteiger partial charge in [0.25, 0.3) is 5.56 Å². The highest BCUT2D eigenvalue weighted by Gasteiger charge is 2.14. The molecule has 0 aliphatic heterocycles. The lowest BCUT2D eigenvalue weighted by atomic mass is 10.0. The minimum absolute atomic E-state index is 0.0349. The molecule has 1 N–H and O–H groups in total. The number of H-pyrrole nitrogens is 1. The average molecular weight is 264 g/mol. The van der Waals surface area contributed by atoms with Crippen LogP contribution < -0.4 is 5.56 Å². The molecule has 0 aliphatic carbocycles. The van der Waals surface area contributed by atoms with Crippen LogP contribution in [0.1, 0.15) is 11.1 Å². The predicted octanol–water partition coefficient (Wildman–Crippen LogP) is 2.97. The Hall–Kier alpha value is -2.55. The number of hydrogen-bond donors (Lipinski definition) is 1. The molecule has 3 nitrogen and oxygen atoms in total. The topological polar surface area (TPSA) is 37.8 Å². The lowest BCUT2D eigenvalue weighted by molar-refractivity contribution is 0.740. The Bertz CT molecular complexity index is 755. The van der Waals surface area contributed by atoms with Crippen molar-refractivity contribution in [3.8, 4) is 11.3 Å². The molecule has 1 heterocycles. The summed E-state index contributed by atoms with van der Waals surface area (Å²) in [7, 11) is 1.75. The van der Waals surface area contributed by atoms with E-state index in [1.54, 1.807) is 11.7 Å². The number of benzene rings is 2. The Balaban J connectivity index is 2.09. The van der Waals surface area contributed by atoms with Crippen molar-refractivity contribution in [1.29, 1.82) is 0 Å². The summed E-state index contributed by atoms with van der Waals surface area (Å²) in [5, 5.41) is 3.15. The molecule has 0 atom stereocenters. The van der Waals surface area contributed by atoms with Gasteiger partial charge in [-0.2, -0.15) is 0 Å². The molecule has 0 bridgehead atoms.